The smallest absolute Gasteiger partial charge is 0.239 e. The Bertz CT molecular complexity index is 1230. The first-order chi connectivity index (χ1) is 16.7. The average Bonchev–Trinajstić information content (AvgIpc) is 3.13. The van der Waals surface area contributed by atoms with Gasteiger partial charge in [0.05, 0.1) is 21.3 Å². The number of nitrogens with one attached hydrogen (secondary N) is 1. The molecule has 0 radical (unpaired) electrons. The highest BCUT2D eigenvalue weighted by atomic mass is 16.5. The zero-order valence-electron chi connectivity index (χ0n) is 21.5. The number of amides is 2. The molecule has 7 nitrogen and oxygen atoms in total. The number of carbonyl (C=O) groups is 2. The van der Waals surface area contributed by atoms with Crippen LogP contribution in [0, 0.1) is 18.3 Å². The molecule has 1 N–H and O–H groups in total. The van der Waals surface area contributed by atoms with Gasteiger partial charge in [-0.3, -0.25) is 19.8 Å². The molecule has 1 fully saturated rings. The van der Waals surface area contributed by atoms with Gasteiger partial charge in [0, 0.05) is 12.1 Å². The maximum absolute atomic E-state index is 13.4. The summed E-state index contributed by atoms with van der Waals surface area (Å²) in [6.07, 6.45) is 4.24. The van der Waals surface area contributed by atoms with Crippen LogP contribution in [-0.4, -0.2) is 51.1 Å². The van der Waals surface area contributed by atoms with Crippen LogP contribution in [0.15, 0.2) is 54.0 Å². The zero-order valence-corrected chi connectivity index (χ0v) is 21.5. The number of hydrogen-bond donors (Lipinski definition) is 1. The number of hydrogen-bond acceptors (Lipinski definition) is 6. The van der Waals surface area contributed by atoms with E-state index in [9.17, 15) is 9.59 Å². The monoisotopic (exact) mass is 478 g/mol. The summed E-state index contributed by atoms with van der Waals surface area (Å²) in [5.74, 6) is 0.258. The third-order valence-corrected chi connectivity index (χ3v) is 7.83. The number of imide groups is 1. The standard InChI is InChI=1S/C28H34N2O5/c1-8-23(28-14-13-22(34-6)25(35-7)24(28)26(31)29-27(28)32)30(4)17(3)18-9-11-20-16(2)21(33-5)12-10-19(20)15-18/h9-15,17,23-24H,8H2,1-7H3,(H,29,31,32). The van der Waals surface area contributed by atoms with E-state index in [1.807, 2.05) is 26.1 Å². The molecule has 0 saturated carbocycles. The van der Waals surface area contributed by atoms with Crippen LogP contribution >= 0.6 is 0 Å². The molecule has 1 aliphatic heterocycles. The van der Waals surface area contributed by atoms with Crippen molar-refractivity contribution in [1.82, 2.24) is 10.2 Å². The van der Waals surface area contributed by atoms with Crippen molar-refractivity contribution in [2.75, 3.05) is 28.4 Å². The SMILES string of the molecule is CCC(N(C)C(C)c1ccc2c(C)c(OC)ccc2c1)C12C=CC(OC)=C(OC)C1C(=O)NC2=O. The molecule has 1 aliphatic carbocycles. The predicted molar refractivity (Wildman–Crippen MR) is 135 cm³/mol. The van der Waals surface area contributed by atoms with Gasteiger partial charge in [0.1, 0.15) is 17.1 Å². The van der Waals surface area contributed by atoms with Crippen LogP contribution < -0.4 is 10.1 Å². The van der Waals surface area contributed by atoms with Gasteiger partial charge in [0.25, 0.3) is 0 Å². The number of ether oxygens (including phenoxy) is 3. The van der Waals surface area contributed by atoms with Crippen molar-refractivity contribution in [1.29, 1.82) is 0 Å². The Morgan fingerprint density at radius 2 is 1.83 bits per heavy atom. The van der Waals surface area contributed by atoms with E-state index >= 15 is 0 Å². The molecule has 0 aromatic heterocycles. The molecule has 4 rings (SSSR count). The first-order valence-electron chi connectivity index (χ1n) is 11.9. The fraction of sp³-hybridized carbons (Fsp3) is 0.429. The van der Waals surface area contributed by atoms with Crippen molar-refractivity contribution in [2.45, 2.75) is 39.3 Å². The van der Waals surface area contributed by atoms with Crippen molar-refractivity contribution in [3.8, 4) is 5.75 Å². The summed E-state index contributed by atoms with van der Waals surface area (Å²) in [7, 11) is 6.73. The van der Waals surface area contributed by atoms with Crippen molar-refractivity contribution in [3.63, 3.8) is 0 Å². The lowest BCUT2D eigenvalue weighted by Crippen LogP contribution is -2.53. The van der Waals surface area contributed by atoms with Crippen LogP contribution in [0.3, 0.4) is 0 Å². The maximum Gasteiger partial charge on any atom is 0.239 e. The largest absolute Gasteiger partial charge is 0.496 e. The lowest BCUT2D eigenvalue weighted by Gasteiger charge is -2.45. The van der Waals surface area contributed by atoms with Gasteiger partial charge in [-0.15, -0.1) is 0 Å². The molecule has 4 atom stereocenters. The molecule has 2 aromatic rings. The van der Waals surface area contributed by atoms with Gasteiger partial charge in [-0.25, -0.2) is 0 Å². The Hall–Kier alpha value is -3.32. The van der Waals surface area contributed by atoms with Crippen LogP contribution in [0.4, 0.5) is 0 Å². The summed E-state index contributed by atoms with van der Waals surface area (Å²) in [5, 5.41) is 4.84. The second kappa shape index (κ2) is 9.38. The highest BCUT2D eigenvalue weighted by Gasteiger charge is 2.62. The van der Waals surface area contributed by atoms with Crippen LogP contribution in [0.5, 0.6) is 5.75 Å². The minimum absolute atomic E-state index is 0.0162. The van der Waals surface area contributed by atoms with Gasteiger partial charge >= 0.3 is 0 Å². The molecule has 35 heavy (non-hydrogen) atoms. The summed E-state index contributed by atoms with van der Waals surface area (Å²) in [6, 6.07) is 10.2. The summed E-state index contributed by atoms with van der Waals surface area (Å²) >= 11 is 0. The second-order valence-corrected chi connectivity index (χ2v) is 9.29. The molecular weight excluding hydrogens is 444 g/mol. The molecule has 1 saturated heterocycles. The van der Waals surface area contributed by atoms with E-state index in [0.29, 0.717) is 17.9 Å². The molecule has 0 spiro atoms. The Morgan fingerprint density at radius 1 is 1.09 bits per heavy atom. The zero-order chi connectivity index (χ0) is 25.5. The Morgan fingerprint density at radius 3 is 2.46 bits per heavy atom. The quantitative estimate of drug-likeness (QED) is 0.572. The predicted octanol–water partition coefficient (Wildman–Crippen LogP) is 4.26. The van der Waals surface area contributed by atoms with Gasteiger partial charge < -0.3 is 14.2 Å². The molecule has 1 heterocycles. The van der Waals surface area contributed by atoms with Crippen molar-refractivity contribution >= 4 is 22.6 Å². The van der Waals surface area contributed by atoms with Crippen molar-refractivity contribution in [3.05, 3.63) is 65.1 Å². The minimum atomic E-state index is -1.09. The molecule has 0 bridgehead atoms. The van der Waals surface area contributed by atoms with Gasteiger partial charge in [-0.1, -0.05) is 31.2 Å². The van der Waals surface area contributed by atoms with Crippen LogP contribution in [0.1, 0.15) is 37.4 Å². The highest BCUT2D eigenvalue weighted by molar-refractivity contribution is 6.10. The minimum Gasteiger partial charge on any atom is -0.496 e. The van der Waals surface area contributed by atoms with E-state index in [2.05, 4.69) is 48.3 Å². The Kier molecular flexibility index (Phi) is 6.64. The molecule has 2 amide bonds. The first-order valence-corrected chi connectivity index (χ1v) is 11.9. The van der Waals surface area contributed by atoms with Crippen LogP contribution in [0.25, 0.3) is 10.8 Å². The normalized spacial score (nSPS) is 23.4. The highest BCUT2D eigenvalue weighted by Crippen LogP contribution is 2.50. The van der Waals surface area contributed by atoms with Crippen LogP contribution in [0.2, 0.25) is 0 Å². The van der Waals surface area contributed by atoms with E-state index < -0.39 is 11.3 Å². The number of allylic oxidation sites excluding steroid dienone is 1. The number of aryl methyl sites for hydroxylation is 1. The van der Waals surface area contributed by atoms with E-state index in [1.54, 1.807) is 13.2 Å². The number of rotatable bonds is 8. The van der Waals surface area contributed by atoms with Crippen molar-refractivity contribution < 1.29 is 23.8 Å². The maximum atomic E-state index is 13.4. The molecule has 186 valence electrons. The molecule has 2 aliphatic rings. The van der Waals surface area contributed by atoms with E-state index in [4.69, 9.17) is 14.2 Å². The van der Waals surface area contributed by atoms with E-state index in [-0.39, 0.29) is 23.9 Å². The molecule has 2 aromatic carbocycles. The van der Waals surface area contributed by atoms with Gasteiger partial charge in [0.2, 0.25) is 11.8 Å². The number of benzene rings is 2. The Labute approximate surface area is 206 Å². The summed E-state index contributed by atoms with van der Waals surface area (Å²) in [4.78, 5) is 28.6. The van der Waals surface area contributed by atoms with Crippen LogP contribution in [-0.2, 0) is 19.1 Å². The number of carbonyl (C=O) groups excluding carboxylic acids is 2. The number of nitrogens with zero attached hydrogens (tertiary/aromatic N) is 1. The van der Waals surface area contributed by atoms with Gasteiger partial charge in [0.15, 0.2) is 11.5 Å². The third kappa shape index (κ3) is 3.69. The second-order valence-electron chi connectivity index (χ2n) is 9.29. The lowest BCUT2D eigenvalue weighted by atomic mass is 9.66. The third-order valence-electron chi connectivity index (χ3n) is 7.83. The molecule has 4 unspecified atom stereocenters. The van der Waals surface area contributed by atoms with Gasteiger partial charge in [-0.2, -0.15) is 0 Å². The number of methoxy groups -OCH3 is 3. The first kappa shape index (κ1) is 24.8. The van der Waals surface area contributed by atoms with E-state index in [0.717, 1.165) is 27.6 Å². The lowest BCUT2D eigenvalue weighted by molar-refractivity contribution is -0.130. The molecular formula is C28H34N2O5. The number of fused-ring (bicyclic) bond motifs is 2. The fourth-order valence-corrected chi connectivity index (χ4v) is 5.86. The average molecular weight is 479 g/mol. The van der Waals surface area contributed by atoms with E-state index in [1.165, 1.54) is 14.2 Å². The summed E-state index contributed by atoms with van der Waals surface area (Å²) < 4.78 is 16.5. The fourth-order valence-electron chi connectivity index (χ4n) is 5.86. The van der Waals surface area contributed by atoms with Crippen molar-refractivity contribution in [2.24, 2.45) is 11.3 Å². The molecule has 7 heteroatoms. The summed E-state index contributed by atoms with van der Waals surface area (Å²) in [6.45, 7) is 6.23. The topological polar surface area (TPSA) is 77.1 Å². The Balaban J connectivity index is 1.74. The summed E-state index contributed by atoms with van der Waals surface area (Å²) in [5.41, 5.74) is 1.14. The van der Waals surface area contributed by atoms with Gasteiger partial charge in [-0.05, 0) is 67.4 Å².